The van der Waals surface area contributed by atoms with Gasteiger partial charge in [-0.05, 0) is 43.7 Å². The second-order valence-corrected chi connectivity index (χ2v) is 6.71. The van der Waals surface area contributed by atoms with Crippen molar-refractivity contribution in [3.05, 3.63) is 36.0 Å². The van der Waals surface area contributed by atoms with Gasteiger partial charge in [-0.25, -0.2) is 0 Å². The van der Waals surface area contributed by atoms with Gasteiger partial charge in [-0.15, -0.1) is 0 Å². The molecular weight excluding hydrogens is 288 g/mol. The maximum absolute atomic E-state index is 12.6. The molecule has 1 aromatic carbocycles. The second-order valence-electron chi connectivity index (χ2n) is 6.71. The van der Waals surface area contributed by atoms with Crippen LogP contribution >= 0.6 is 0 Å². The molecule has 122 valence electrons. The Hall–Kier alpha value is -1.81. The van der Waals surface area contributed by atoms with E-state index in [4.69, 9.17) is 4.74 Å². The molecular formula is C19H24N2O2. The number of aromatic amines is 1. The van der Waals surface area contributed by atoms with Gasteiger partial charge in [-0.1, -0.05) is 18.2 Å². The third-order valence-electron chi connectivity index (χ3n) is 5.31. The van der Waals surface area contributed by atoms with Crippen LogP contribution in [-0.2, 0) is 16.0 Å². The number of para-hydroxylation sites is 1. The van der Waals surface area contributed by atoms with Crippen molar-refractivity contribution in [3.8, 4) is 0 Å². The number of nitrogens with one attached hydrogen (secondary N) is 1. The molecule has 1 N–H and O–H groups in total. The third kappa shape index (κ3) is 2.88. The first-order chi connectivity index (χ1) is 11.3. The third-order valence-corrected chi connectivity index (χ3v) is 5.31. The lowest BCUT2D eigenvalue weighted by atomic mass is 10.1. The zero-order valence-electron chi connectivity index (χ0n) is 13.5. The molecule has 4 rings (SSSR count). The van der Waals surface area contributed by atoms with Crippen molar-refractivity contribution < 1.29 is 9.53 Å². The van der Waals surface area contributed by atoms with Crippen LogP contribution in [0.3, 0.4) is 0 Å². The fourth-order valence-corrected chi connectivity index (χ4v) is 4.15. The molecule has 1 aliphatic carbocycles. The molecule has 23 heavy (non-hydrogen) atoms. The minimum atomic E-state index is 0.293. The number of hydrogen-bond donors (Lipinski definition) is 1. The molecule has 2 heterocycles. The lowest BCUT2D eigenvalue weighted by molar-refractivity contribution is -0.144. The van der Waals surface area contributed by atoms with Gasteiger partial charge in [0, 0.05) is 30.1 Å². The summed E-state index contributed by atoms with van der Waals surface area (Å²) in [5.74, 6) is 0.310. The summed E-state index contributed by atoms with van der Waals surface area (Å²) in [6, 6.07) is 8.69. The fourth-order valence-electron chi connectivity index (χ4n) is 4.15. The number of morpholine rings is 1. The van der Waals surface area contributed by atoms with Crippen LogP contribution in [0.2, 0.25) is 0 Å². The Morgan fingerprint density at radius 3 is 3.17 bits per heavy atom. The molecule has 4 nitrogen and oxygen atoms in total. The highest BCUT2D eigenvalue weighted by molar-refractivity contribution is 5.83. The van der Waals surface area contributed by atoms with Crippen LogP contribution in [-0.4, -0.2) is 41.1 Å². The van der Waals surface area contributed by atoms with Gasteiger partial charge in [0.15, 0.2) is 0 Å². The van der Waals surface area contributed by atoms with E-state index in [0.29, 0.717) is 31.1 Å². The van der Waals surface area contributed by atoms with Crippen LogP contribution in [0.15, 0.2) is 30.5 Å². The molecule has 2 fully saturated rings. The minimum absolute atomic E-state index is 0.293. The molecule has 1 amide bonds. The van der Waals surface area contributed by atoms with Crippen LogP contribution in [0, 0.1) is 0 Å². The summed E-state index contributed by atoms with van der Waals surface area (Å²) in [6.45, 7) is 1.47. The van der Waals surface area contributed by atoms with Crippen molar-refractivity contribution in [3.63, 3.8) is 0 Å². The zero-order valence-corrected chi connectivity index (χ0v) is 13.5. The first kappa shape index (κ1) is 14.8. The molecule has 2 aromatic rings. The number of carbonyl (C=O) groups excluding carboxylic acids is 1. The lowest BCUT2D eigenvalue weighted by Crippen LogP contribution is -2.51. The van der Waals surface area contributed by atoms with E-state index in [2.05, 4.69) is 34.3 Å². The summed E-state index contributed by atoms with van der Waals surface area (Å²) in [5, 5.41) is 1.28. The maximum Gasteiger partial charge on any atom is 0.222 e. The molecule has 0 bridgehead atoms. The molecule has 1 saturated carbocycles. The Balaban J connectivity index is 1.34. The van der Waals surface area contributed by atoms with E-state index in [0.717, 1.165) is 32.2 Å². The van der Waals surface area contributed by atoms with Crippen LogP contribution in [0.5, 0.6) is 0 Å². The number of rotatable bonds is 4. The zero-order chi connectivity index (χ0) is 15.6. The van der Waals surface area contributed by atoms with Crippen LogP contribution in [0.4, 0.5) is 0 Å². The standard InChI is InChI=1S/C19H24N2O2/c22-19(21-11-12-23-18-9-4-8-17(18)21)10-3-5-14-13-20-16-7-2-1-6-15(14)16/h1-2,6-7,13,17-18,20H,3-5,8-12H2/t17-,18+/m1/s1. The number of ether oxygens (including phenoxy) is 1. The summed E-state index contributed by atoms with van der Waals surface area (Å²) < 4.78 is 5.80. The number of aryl methyl sites for hydroxylation is 1. The van der Waals surface area contributed by atoms with E-state index in [1.165, 1.54) is 22.9 Å². The predicted octanol–water partition coefficient (Wildman–Crippen LogP) is 3.27. The Labute approximate surface area is 136 Å². The minimum Gasteiger partial charge on any atom is -0.374 e. The normalized spacial score (nSPS) is 24.1. The number of fused-ring (bicyclic) bond motifs is 2. The Kier molecular flexibility index (Phi) is 4.08. The Morgan fingerprint density at radius 2 is 2.22 bits per heavy atom. The average Bonchev–Trinajstić information content (AvgIpc) is 3.21. The van der Waals surface area contributed by atoms with E-state index in [9.17, 15) is 4.79 Å². The van der Waals surface area contributed by atoms with Gasteiger partial charge < -0.3 is 14.6 Å². The van der Waals surface area contributed by atoms with Crippen molar-refractivity contribution in [2.75, 3.05) is 13.2 Å². The van der Waals surface area contributed by atoms with Gasteiger partial charge in [-0.3, -0.25) is 4.79 Å². The van der Waals surface area contributed by atoms with Crippen molar-refractivity contribution in [1.82, 2.24) is 9.88 Å². The van der Waals surface area contributed by atoms with Crippen molar-refractivity contribution in [2.45, 2.75) is 50.7 Å². The summed E-state index contributed by atoms with van der Waals surface area (Å²) in [6.07, 6.45) is 8.29. The van der Waals surface area contributed by atoms with Gasteiger partial charge >= 0.3 is 0 Å². The average molecular weight is 312 g/mol. The summed E-state index contributed by atoms with van der Waals surface area (Å²) >= 11 is 0. The van der Waals surface area contributed by atoms with Crippen LogP contribution < -0.4 is 0 Å². The molecule has 0 unspecified atom stereocenters. The van der Waals surface area contributed by atoms with Gasteiger partial charge in [0.05, 0.1) is 18.8 Å². The van der Waals surface area contributed by atoms with Gasteiger partial charge in [0.25, 0.3) is 0 Å². The van der Waals surface area contributed by atoms with Crippen molar-refractivity contribution in [1.29, 1.82) is 0 Å². The highest BCUT2D eigenvalue weighted by Crippen LogP contribution is 2.30. The summed E-state index contributed by atoms with van der Waals surface area (Å²) in [5.41, 5.74) is 2.49. The first-order valence-corrected chi connectivity index (χ1v) is 8.79. The van der Waals surface area contributed by atoms with Gasteiger partial charge in [-0.2, -0.15) is 0 Å². The van der Waals surface area contributed by atoms with E-state index in [1.54, 1.807) is 0 Å². The van der Waals surface area contributed by atoms with Gasteiger partial charge in [0.2, 0.25) is 5.91 Å². The van der Waals surface area contributed by atoms with Crippen LogP contribution in [0.1, 0.15) is 37.7 Å². The van der Waals surface area contributed by atoms with Gasteiger partial charge in [0.1, 0.15) is 0 Å². The number of aromatic nitrogens is 1. The Morgan fingerprint density at radius 1 is 1.30 bits per heavy atom. The second kappa shape index (κ2) is 6.36. The molecule has 2 atom stereocenters. The predicted molar refractivity (Wildman–Crippen MR) is 90.3 cm³/mol. The number of H-pyrrole nitrogens is 1. The molecule has 1 saturated heterocycles. The number of carbonyl (C=O) groups is 1. The Bertz CT molecular complexity index is 693. The van der Waals surface area contributed by atoms with E-state index >= 15 is 0 Å². The lowest BCUT2D eigenvalue weighted by Gasteiger charge is -2.37. The van der Waals surface area contributed by atoms with Crippen LogP contribution in [0.25, 0.3) is 10.9 Å². The van der Waals surface area contributed by atoms with Crippen molar-refractivity contribution >= 4 is 16.8 Å². The molecule has 0 spiro atoms. The SMILES string of the molecule is O=C(CCCc1c[nH]c2ccccc12)N1CCO[C@H]2CCC[C@H]21. The molecule has 1 aromatic heterocycles. The summed E-state index contributed by atoms with van der Waals surface area (Å²) in [7, 11) is 0. The molecule has 0 radical (unpaired) electrons. The summed E-state index contributed by atoms with van der Waals surface area (Å²) in [4.78, 5) is 18.0. The highest BCUT2D eigenvalue weighted by Gasteiger charge is 2.37. The van der Waals surface area contributed by atoms with E-state index in [-0.39, 0.29) is 0 Å². The quantitative estimate of drug-likeness (QED) is 0.942. The number of nitrogens with zero attached hydrogens (tertiary/aromatic N) is 1. The molecule has 4 heteroatoms. The van der Waals surface area contributed by atoms with E-state index in [1.807, 2.05) is 6.07 Å². The number of benzene rings is 1. The molecule has 2 aliphatic rings. The largest absolute Gasteiger partial charge is 0.374 e. The number of amides is 1. The first-order valence-electron chi connectivity index (χ1n) is 8.79. The smallest absolute Gasteiger partial charge is 0.222 e. The number of hydrogen-bond acceptors (Lipinski definition) is 2. The van der Waals surface area contributed by atoms with Crippen molar-refractivity contribution in [2.24, 2.45) is 0 Å². The fraction of sp³-hybridized carbons (Fsp3) is 0.526. The monoisotopic (exact) mass is 312 g/mol. The topological polar surface area (TPSA) is 45.3 Å². The van der Waals surface area contributed by atoms with E-state index < -0.39 is 0 Å². The highest BCUT2D eigenvalue weighted by atomic mass is 16.5. The maximum atomic E-state index is 12.6. The molecule has 1 aliphatic heterocycles.